The minimum Gasteiger partial charge on any atom is -0.396 e. The molecule has 6 heteroatoms. The van der Waals surface area contributed by atoms with Crippen LogP contribution in [0, 0.1) is 5.92 Å². The summed E-state index contributed by atoms with van der Waals surface area (Å²) in [6.45, 7) is 5.84. The molecule has 0 amide bonds. The first-order valence-corrected chi connectivity index (χ1v) is 7.54. The lowest BCUT2D eigenvalue weighted by Crippen LogP contribution is -2.56. The van der Waals surface area contributed by atoms with Gasteiger partial charge in [0.05, 0.1) is 0 Å². The van der Waals surface area contributed by atoms with Crippen LogP contribution in [0.1, 0.15) is 26.7 Å². The second-order valence-electron chi connectivity index (χ2n) is 4.84. The van der Waals surface area contributed by atoms with E-state index < -0.39 is 0 Å². The van der Waals surface area contributed by atoms with Crippen molar-refractivity contribution >= 4 is 27.6 Å². The van der Waals surface area contributed by atoms with Crippen molar-refractivity contribution in [2.45, 2.75) is 32.9 Å². The van der Waals surface area contributed by atoms with E-state index in [9.17, 15) is 0 Å². The van der Waals surface area contributed by atoms with Gasteiger partial charge in [-0.1, -0.05) is 15.9 Å². The quantitative estimate of drug-likeness (QED) is 0.825. The fourth-order valence-corrected chi connectivity index (χ4v) is 3.14. The van der Waals surface area contributed by atoms with Gasteiger partial charge in [-0.2, -0.15) is 0 Å². The Bertz CT molecular complexity index is 419. The molecule has 0 aromatic heterocycles. The first-order valence-electron chi connectivity index (χ1n) is 6.74. The van der Waals surface area contributed by atoms with Crippen LogP contribution in [0.4, 0.5) is 0 Å². The largest absolute Gasteiger partial charge is 0.396 e. The van der Waals surface area contributed by atoms with Crippen molar-refractivity contribution in [2.24, 2.45) is 15.9 Å². The Morgan fingerprint density at radius 2 is 2.42 bits per heavy atom. The second-order valence-corrected chi connectivity index (χ2v) is 5.86. The maximum absolute atomic E-state index is 9.02. The lowest BCUT2D eigenvalue weighted by molar-refractivity contribution is 0.178. The van der Waals surface area contributed by atoms with Crippen molar-refractivity contribution in [3.05, 3.63) is 10.7 Å². The molecule has 2 unspecified atom stereocenters. The Labute approximate surface area is 122 Å². The van der Waals surface area contributed by atoms with Gasteiger partial charge in [0.15, 0.2) is 0 Å². The molecule has 0 fully saturated rings. The molecule has 0 radical (unpaired) electrons. The van der Waals surface area contributed by atoms with E-state index in [0.717, 1.165) is 37.6 Å². The Balaban J connectivity index is 2.21. The molecule has 0 spiro atoms. The molecule has 2 aliphatic rings. The third-order valence-corrected chi connectivity index (χ3v) is 3.97. The van der Waals surface area contributed by atoms with Crippen LogP contribution in [0.25, 0.3) is 0 Å². The fourth-order valence-electron chi connectivity index (χ4n) is 2.53. The number of halogens is 1. The van der Waals surface area contributed by atoms with Crippen molar-refractivity contribution in [2.75, 3.05) is 19.7 Å². The highest BCUT2D eigenvalue weighted by molar-refractivity contribution is 9.11. The molecule has 2 heterocycles. The minimum atomic E-state index is 0.190. The van der Waals surface area contributed by atoms with Crippen molar-refractivity contribution in [1.82, 2.24) is 10.2 Å². The Morgan fingerprint density at radius 3 is 3.11 bits per heavy atom. The van der Waals surface area contributed by atoms with Crippen LogP contribution in [0.2, 0.25) is 0 Å². The van der Waals surface area contributed by atoms with Crippen molar-refractivity contribution in [3.8, 4) is 0 Å². The van der Waals surface area contributed by atoms with Gasteiger partial charge in [0.2, 0.25) is 5.96 Å². The van der Waals surface area contributed by atoms with Crippen LogP contribution >= 0.6 is 15.9 Å². The molecule has 19 heavy (non-hydrogen) atoms. The van der Waals surface area contributed by atoms with Crippen LogP contribution in [-0.4, -0.2) is 47.5 Å². The molecule has 0 saturated carbocycles. The summed E-state index contributed by atoms with van der Waals surface area (Å²) < 4.78 is 1.18. The lowest BCUT2D eigenvalue weighted by Gasteiger charge is -2.43. The average Bonchev–Trinajstić information content (AvgIpc) is 2.37. The molecule has 0 bridgehead atoms. The first kappa shape index (κ1) is 14.5. The number of aliphatic imine (C=N–C) groups is 2. The molecule has 2 aliphatic heterocycles. The van der Waals surface area contributed by atoms with Gasteiger partial charge in [0.1, 0.15) is 6.17 Å². The SMILES string of the molecule is CCN=C1N=C(C)C2CC(Br)=CN(CCCO)C2N1. The van der Waals surface area contributed by atoms with Crippen LogP contribution in [0.15, 0.2) is 20.7 Å². The summed E-state index contributed by atoms with van der Waals surface area (Å²) in [5.74, 6) is 1.08. The summed E-state index contributed by atoms with van der Waals surface area (Å²) in [6.07, 6.45) is 4.03. The molecule has 0 aromatic rings. The van der Waals surface area contributed by atoms with E-state index in [-0.39, 0.29) is 12.8 Å². The van der Waals surface area contributed by atoms with Gasteiger partial charge in [-0.15, -0.1) is 0 Å². The van der Waals surface area contributed by atoms with Crippen LogP contribution in [-0.2, 0) is 0 Å². The molecule has 2 atom stereocenters. The van der Waals surface area contributed by atoms with Gasteiger partial charge in [-0.25, -0.2) is 4.99 Å². The number of fused-ring (bicyclic) bond motifs is 1. The van der Waals surface area contributed by atoms with Crippen LogP contribution in [0.3, 0.4) is 0 Å². The molecule has 106 valence electrons. The molecular weight excluding hydrogens is 308 g/mol. The zero-order valence-corrected chi connectivity index (χ0v) is 13.0. The van der Waals surface area contributed by atoms with Crippen LogP contribution < -0.4 is 5.32 Å². The monoisotopic (exact) mass is 328 g/mol. The van der Waals surface area contributed by atoms with E-state index in [1.54, 1.807) is 0 Å². The molecule has 2 rings (SSSR count). The van der Waals surface area contributed by atoms with Gasteiger partial charge in [0, 0.05) is 42.0 Å². The van der Waals surface area contributed by atoms with Gasteiger partial charge in [0.25, 0.3) is 0 Å². The minimum absolute atomic E-state index is 0.190. The predicted molar refractivity (Wildman–Crippen MR) is 81.5 cm³/mol. The molecule has 0 saturated heterocycles. The van der Waals surface area contributed by atoms with E-state index in [1.165, 1.54) is 4.48 Å². The van der Waals surface area contributed by atoms with E-state index in [1.807, 2.05) is 6.92 Å². The van der Waals surface area contributed by atoms with E-state index >= 15 is 0 Å². The normalized spacial score (nSPS) is 28.6. The first-order chi connectivity index (χ1) is 9.15. The number of hydrogen-bond donors (Lipinski definition) is 2. The maximum atomic E-state index is 9.02. The fraction of sp³-hybridized carbons (Fsp3) is 0.692. The van der Waals surface area contributed by atoms with E-state index in [2.05, 4.69) is 49.3 Å². The summed E-state index contributed by atoms with van der Waals surface area (Å²) in [6, 6.07) is 0. The summed E-state index contributed by atoms with van der Waals surface area (Å²) in [4.78, 5) is 11.1. The van der Waals surface area contributed by atoms with E-state index in [0.29, 0.717) is 5.92 Å². The number of aliphatic hydroxyl groups excluding tert-OH is 1. The van der Waals surface area contributed by atoms with Crippen LogP contribution in [0.5, 0.6) is 0 Å². The number of nitrogens with zero attached hydrogens (tertiary/aromatic N) is 3. The van der Waals surface area contributed by atoms with Gasteiger partial charge < -0.3 is 15.3 Å². The van der Waals surface area contributed by atoms with Crippen molar-refractivity contribution < 1.29 is 5.11 Å². The molecular formula is C13H21BrN4O. The molecule has 0 aliphatic carbocycles. The van der Waals surface area contributed by atoms with Crippen molar-refractivity contribution in [3.63, 3.8) is 0 Å². The van der Waals surface area contributed by atoms with Gasteiger partial charge in [-0.3, -0.25) is 4.99 Å². The summed E-state index contributed by atoms with van der Waals surface area (Å²) in [5.41, 5.74) is 1.12. The number of nitrogens with one attached hydrogen (secondary N) is 1. The summed E-state index contributed by atoms with van der Waals surface area (Å²) in [5, 5.41) is 12.4. The lowest BCUT2D eigenvalue weighted by atomic mass is 9.92. The highest BCUT2D eigenvalue weighted by Crippen LogP contribution is 2.31. The van der Waals surface area contributed by atoms with Gasteiger partial charge in [-0.05, 0) is 26.7 Å². The zero-order chi connectivity index (χ0) is 13.8. The molecule has 2 N–H and O–H groups in total. The number of rotatable bonds is 4. The van der Waals surface area contributed by atoms with E-state index in [4.69, 9.17) is 5.11 Å². The van der Waals surface area contributed by atoms with Crippen molar-refractivity contribution in [1.29, 1.82) is 0 Å². The Kier molecular flexibility index (Phi) is 4.99. The molecule has 0 aromatic carbocycles. The third kappa shape index (κ3) is 3.36. The third-order valence-electron chi connectivity index (χ3n) is 3.44. The number of aliphatic hydroxyl groups is 1. The average molecular weight is 329 g/mol. The number of allylic oxidation sites excluding steroid dienone is 1. The molecule has 5 nitrogen and oxygen atoms in total. The summed E-state index contributed by atoms with van der Waals surface area (Å²) >= 11 is 3.60. The predicted octanol–water partition coefficient (Wildman–Crippen LogP) is 1.69. The smallest absolute Gasteiger partial charge is 0.219 e. The van der Waals surface area contributed by atoms with Gasteiger partial charge >= 0.3 is 0 Å². The topological polar surface area (TPSA) is 60.2 Å². The highest BCUT2D eigenvalue weighted by atomic mass is 79.9. The Hall–Kier alpha value is -0.880. The zero-order valence-electron chi connectivity index (χ0n) is 11.4. The number of guanidine groups is 1. The highest BCUT2D eigenvalue weighted by Gasteiger charge is 2.35. The maximum Gasteiger partial charge on any atom is 0.219 e. The standard InChI is InChI=1S/C13H21BrN4O/c1-3-15-13-16-9(2)11-7-10(14)8-18(5-4-6-19)12(11)17-13/h8,11-12,19H,3-7H2,1-2H3,(H,15,17). The Morgan fingerprint density at radius 1 is 1.63 bits per heavy atom. The second kappa shape index (κ2) is 6.52. The number of hydrogen-bond acceptors (Lipinski definition) is 3. The summed E-state index contributed by atoms with van der Waals surface area (Å²) in [7, 11) is 0.